The smallest absolute Gasteiger partial charge is 0.160 e. The maximum absolute atomic E-state index is 10.0. The zero-order valence-electron chi connectivity index (χ0n) is 13.5. The molecular formula is C16H28Cl2N2O2. The summed E-state index contributed by atoms with van der Waals surface area (Å²) in [6, 6.07) is 6.16. The molecule has 1 aliphatic heterocycles. The van der Waals surface area contributed by atoms with Crippen LogP contribution in [0, 0.1) is 5.92 Å². The molecule has 0 amide bonds. The number of nitrogens with one attached hydrogen (secondary N) is 1. The molecule has 2 rings (SSSR count). The molecular weight excluding hydrogens is 323 g/mol. The van der Waals surface area contributed by atoms with Crippen LogP contribution in [0.1, 0.15) is 31.9 Å². The van der Waals surface area contributed by atoms with Gasteiger partial charge in [-0.1, -0.05) is 26.3 Å². The molecule has 0 aliphatic carbocycles. The van der Waals surface area contributed by atoms with Crippen LogP contribution in [0.25, 0.3) is 0 Å². The van der Waals surface area contributed by atoms with Gasteiger partial charge in [0.15, 0.2) is 11.5 Å². The quantitative estimate of drug-likeness (QED) is 0.855. The van der Waals surface area contributed by atoms with Gasteiger partial charge in [-0.15, -0.1) is 24.8 Å². The third-order valence-corrected chi connectivity index (χ3v) is 4.27. The van der Waals surface area contributed by atoms with Gasteiger partial charge in [0.05, 0.1) is 7.11 Å². The summed E-state index contributed by atoms with van der Waals surface area (Å²) in [5, 5.41) is 13.4. The minimum Gasteiger partial charge on any atom is -0.504 e. The summed E-state index contributed by atoms with van der Waals surface area (Å²) in [5.41, 5.74) is 1.18. The maximum atomic E-state index is 10.0. The first-order valence-corrected chi connectivity index (χ1v) is 7.49. The van der Waals surface area contributed by atoms with E-state index in [9.17, 15) is 5.11 Å². The number of hydrogen-bond acceptors (Lipinski definition) is 4. The molecule has 0 aromatic heterocycles. The fourth-order valence-corrected chi connectivity index (χ4v) is 2.97. The van der Waals surface area contributed by atoms with E-state index in [4.69, 9.17) is 4.74 Å². The van der Waals surface area contributed by atoms with Gasteiger partial charge in [-0.05, 0) is 23.6 Å². The predicted molar refractivity (Wildman–Crippen MR) is 95.8 cm³/mol. The molecule has 1 aliphatic rings. The number of benzene rings is 1. The molecule has 4 nitrogen and oxygen atoms in total. The zero-order chi connectivity index (χ0) is 14.5. The first kappa shape index (κ1) is 21.3. The second-order valence-electron chi connectivity index (χ2n) is 5.55. The van der Waals surface area contributed by atoms with Crippen molar-refractivity contribution in [2.75, 3.05) is 33.3 Å². The van der Waals surface area contributed by atoms with Gasteiger partial charge in [-0.3, -0.25) is 4.90 Å². The molecule has 2 N–H and O–H groups in total. The molecule has 1 unspecified atom stereocenters. The lowest BCUT2D eigenvalue weighted by Crippen LogP contribution is -2.46. The van der Waals surface area contributed by atoms with E-state index in [1.165, 1.54) is 5.56 Å². The van der Waals surface area contributed by atoms with Crippen molar-refractivity contribution in [1.29, 1.82) is 0 Å². The number of hydrogen-bond donors (Lipinski definition) is 2. The summed E-state index contributed by atoms with van der Waals surface area (Å²) >= 11 is 0. The molecule has 0 bridgehead atoms. The Bertz CT molecular complexity index is 440. The Morgan fingerprint density at radius 1 is 1.27 bits per heavy atom. The van der Waals surface area contributed by atoms with Crippen LogP contribution in [-0.2, 0) is 0 Å². The lowest BCUT2D eigenvalue weighted by atomic mass is 9.90. The number of phenols is 1. The molecule has 1 aromatic carbocycles. The van der Waals surface area contributed by atoms with Crippen molar-refractivity contribution in [2.24, 2.45) is 5.92 Å². The van der Waals surface area contributed by atoms with Crippen LogP contribution >= 0.6 is 24.8 Å². The number of aromatic hydroxyl groups is 1. The van der Waals surface area contributed by atoms with E-state index in [-0.39, 0.29) is 30.6 Å². The first-order valence-electron chi connectivity index (χ1n) is 7.49. The molecule has 1 heterocycles. The second kappa shape index (κ2) is 10.2. The highest BCUT2D eigenvalue weighted by atomic mass is 35.5. The van der Waals surface area contributed by atoms with Gasteiger partial charge in [0.25, 0.3) is 0 Å². The van der Waals surface area contributed by atoms with Crippen LogP contribution in [0.2, 0.25) is 0 Å². The van der Waals surface area contributed by atoms with Crippen molar-refractivity contribution in [3.63, 3.8) is 0 Å². The van der Waals surface area contributed by atoms with Crippen LogP contribution in [0.5, 0.6) is 11.5 Å². The van der Waals surface area contributed by atoms with Crippen molar-refractivity contribution < 1.29 is 9.84 Å². The van der Waals surface area contributed by atoms with Crippen LogP contribution < -0.4 is 10.1 Å². The van der Waals surface area contributed by atoms with E-state index in [0.717, 1.165) is 32.6 Å². The number of phenolic OH excluding ortho intramolecular Hbond substituents is 1. The van der Waals surface area contributed by atoms with Crippen LogP contribution in [0.15, 0.2) is 18.2 Å². The van der Waals surface area contributed by atoms with Gasteiger partial charge in [0.1, 0.15) is 0 Å². The molecule has 6 heteroatoms. The van der Waals surface area contributed by atoms with Crippen LogP contribution in [-0.4, -0.2) is 43.3 Å². The molecule has 0 radical (unpaired) electrons. The van der Waals surface area contributed by atoms with Crippen molar-refractivity contribution in [1.82, 2.24) is 10.2 Å². The summed E-state index contributed by atoms with van der Waals surface area (Å²) in [4.78, 5) is 2.52. The number of piperazine rings is 1. The van der Waals surface area contributed by atoms with Crippen molar-refractivity contribution in [2.45, 2.75) is 26.3 Å². The molecule has 22 heavy (non-hydrogen) atoms. The Kier molecular flexibility index (Phi) is 9.85. The largest absolute Gasteiger partial charge is 0.504 e. The molecule has 1 saturated heterocycles. The molecule has 1 aromatic rings. The monoisotopic (exact) mass is 350 g/mol. The van der Waals surface area contributed by atoms with E-state index < -0.39 is 0 Å². The van der Waals surface area contributed by atoms with Gasteiger partial charge >= 0.3 is 0 Å². The summed E-state index contributed by atoms with van der Waals surface area (Å²) in [6.45, 7) is 8.70. The Morgan fingerprint density at radius 3 is 2.41 bits per heavy atom. The van der Waals surface area contributed by atoms with Gasteiger partial charge in [0.2, 0.25) is 0 Å². The molecule has 2 atom stereocenters. The van der Waals surface area contributed by atoms with E-state index in [1.54, 1.807) is 7.11 Å². The zero-order valence-corrected chi connectivity index (χ0v) is 15.2. The second-order valence-corrected chi connectivity index (χ2v) is 5.55. The van der Waals surface area contributed by atoms with E-state index >= 15 is 0 Å². The third-order valence-electron chi connectivity index (χ3n) is 4.27. The Hall–Kier alpha value is -0.680. The van der Waals surface area contributed by atoms with Gasteiger partial charge in [-0.25, -0.2) is 0 Å². The normalized spacial score (nSPS) is 17.8. The Labute approximate surface area is 146 Å². The summed E-state index contributed by atoms with van der Waals surface area (Å²) < 4.78 is 5.14. The Morgan fingerprint density at radius 2 is 1.91 bits per heavy atom. The predicted octanol–water partition coefficient (Wildman–Crippen LogP) is 3.24. The SMILES string of the molecule is CCC(C)[C@H](c1ccc(OC)c(O)c1)N1CCNCC1.Cl.Cl. The fraction of sp³-hybridized carbons (Fsp3) is 0.625. The average molecular weight is 351 g/mol. The number of rotatable bonds is 5. The minimum absolute atomic E-state index is 0. The lowest BCUT2D eigenvalue weighted by Gasteiger charge is -2.38. The van der Waals surface area contributed by atoms with Gasteiger partial charge in [0, 0.05) is 32.2 Å². The number of ether oxygens (including phenoxy) is 1. The standard InChI is InChI=1S/C16H26N2O2.2ClH/c1-4-12(2)16(18-9-7-17-8-10-18)13-5-6-15(20-3)14(19)11-13;;/h5-6,11-12,16-17,19H,4,7-10H2,1-3H3;2*1H/t12?,16-;;/m1../s1. The minimum atomic E-state index is 0. The van der Waals surface area contributed by atoms with E-state index in [1.807, 2.05) is 12.1 Å². The maximum Gasteiger partial charge on any atom is 0.160 e. The van der Waals surface area contributed by atoms with Crippen LogP contribution in [0.3, 0.4) is 0 Å². The molecule has 1 fully saturated rings. The lowest BCUT2D eigenvalue weighted by molar-refractivity contribution is 0.128. The van der Waals surface area contributed by atoms with E-state index in [2.05, 4.69) is 30.1 Å². The van der Waals surface area contributed by atoms with Crippen molar-refractivity contribution >= 4 is 24.8 Å². The molecule has 0 spiro atoms. The highest BCUT2D eigenvalue weighted by Crippen LogP contribution is 2.35. The average Bonchev–Trinajstić information content (AvgIpc) is 2.48. The van der Waals surface area contributed by atoms with Gasteiger partial charge in [-0.2, -0.15) is 0 Å². The number of nitrogens with zero attached hydrogens (tertiary/aromatic N) is 1. The summed E-state index contributed by atoms with van der Waals surface area (Å²) in [5.74, 6) is 1.33. The molecule has 0 saturated carbocycles. The highest BCUT2D eigenvalue weighted by molar-refractivity contribution is 5.85. The highest BCUT2D eigenvalue weighted by Gasteiger charge is 2.27. The van der Waals surface area contributed by atoms with E-state index in [0.29, 0.717) is 17.7 Å². The first-order chi connectivity index (χ1) is 9.67. The van der Waals surface area contributed by atoms with Crippen LogP contribution in [0.4, 0.5) is 0 Å². The third kappa shape index (κ3) is 4.92. The fourth-order valence-electron chi connectivity index (χ4n) is 2.97. The molecule has 128 valence electrons. The van der Waals surface area contributed by atoms with Gasteiger partial charge < -0.3 is 15.2 Å². The topological polar surface area (TPSA) is 44.7 Å². The summed E-state index contributed by atoms with van der Waals surface area (Å²) in [6.07, 6.45) is 1.13. The van der Waals surface area contributed by atoms with Crippen molar-refractivity contribution in [3.8, 4) is 11.5 Å². The number of methoxy groups -OCH3 is 1. The number of halogens is 2. The van der Waals surface area contributed by atoms with Crippen molar-refractivity contribution in [3.05, 3.63) is 23.8 Å². The Balaban J connectivity index is 0.00000220. The summed E-state index contributed by atoms with van der Waals surface area (Å²) in [7, 11) is 1.58.